The molecule has 0 bridgehead atoms. The summed E-state index contributed by atoms with van der Waals surface area (Å²) in [6.07, 6.45) is 3.78. The number of anilines is 2. The zero-order chi connectivity index (χ0) is 26.6. The van der Waals surface area contributed by atoms with Crippen LogP contribution in [0.15, 0.2) is 91.1 Å². The van der Waals surface area contributed by atoms with Gasteiger partial charge in [0, 0.05) is 18.4 Å². The van der Waals surface area contributed by atoms with Gasteiger partial charge < -0.3 is 14.8 Å². The Morgan fingerprint density at radius 1 is 0.868 bits per heavy atom. The summed E-state index contributed by atoms with van der Waals surface area (Å²) in [5.74, 6) is -0.119. The highest BCUT2D eigenvalue weighted by Gasteiger charge is 2.37. The molecule has 1 unspecified atom stereocenters. The van der Waals surface area contributed by atoms with Crippen LogP contribution in [0.3, 0.4) is 0 Å². The molecule has 0 spiro atoms. The SMILES string of the molecule is CCCCN(CC(=O)N1c2ccccc2-n2cccc2C1c1cccc(C)c1)C(=O)Nc1cccc(C)c1. The van der Waals surface area contributed by atoms with Crippen molar-refractivity contribution in [2.75, 3.05) is 23.3 Å². The van der Waals surface area contributed by atoms with Gasteiger partial charge in [0.05, 0.1) is 17.1 Å². The van der Waals surface area contributed by atoms with Gasteiger partial charge >= 0.3 is 6.03 Å². The molecule has 0 radical (unpaired) electrons. The van der Waals surface area contributed by atoms with Crippen molar-refractivity contribution in [1.29, 1.82) is 0 Å². The molecule has 6 nitrogen and oxygen atoms in total. The molecule has 3 amide bonds. The number of nitrogens with zero attached hydrogens (tertiary/aromatic N) is 3. The van der Waals surface area contributed by atoms with Crippen LogP contribution in [-0.2, 0) is 4.79 Å². The number of para-hydroxylation sites is 2. The van der Waals surface area contributed by atoms with Gasteiger partial charge in [0.25, 0.3) is 0 Å². The van der Waals surface area contributed by atoms with Gasteiger partial charge in [-0.3, -0.25) is 9.69 Å². The van der Waals surface area contributed by atoms with Crippen molar-refractivity contribution in [2.45, 2.75) is 39.7 Å². The molecule has 194 valence electrons. The first kappa shape index (κ1) is 25.3. The van der Waals surface area contributed by atoms with Crippen LogP contribution in [0, 0.1) is 13.8 Å². The summed E-state index contributed by atoms with van der Waals surface area (Å²) in [7, 11) is 0. The topological polar surface area (TPSA) is 57.6 Å². The van der Waals surface area contributed by atoms with E-state index in [1.165, 1.54) is 0 Å². The maximum Gasteiger partial charge on any atom is 0.322 e. The average Bonchev–Trinajstić information content (AvgIpc) is 3.40. The quantitative estimate of drug-likeness (QED) is 0.298. The number of fused-ring (bicyclic) bond motifs is 3. The minimum atomic E-state index is -0.305. The van der Waals surface area contributed by atoms with Crippen molar-refractivity contribution in [3.8, 4) is 5.69 Å². The minimum absolute atomic E-state index is 0.0188. The molecular formula is C32H34N4O2. The highest BCUT2D eigenvalue weighted by molar-refractivity contribution is 6.01. The van der Waals surface area contributed by atoms with Crippen LogP contribution in [-0.4, -0.2) is 34.5 Å². The first-order valence-corrected chi connectivity index (χ1v) is 13.2. The summed E-state index contributed by atoms with van der Waals surface area (Å²) in [5, 5.41) is 2.99. The molecule has 0 fully saturated rings. The number of unbranched alkanes of at least 4 members (excludes halogenated alkanes) is 1. The Hall–Kier alpha value is -4.32. The highest BCUT2D eigenvalue weighted by Crippen LogP contribution is 2.42. The molecule has 4 aromatic rings. The predicted molar refractivity (Wildman–Crippen MR) is 153 cm³/mol. The van der Waals surface area contributed by atoms with Crippen molar-refractivity contribution >= 4 is 23.3 Å². The normalized spacial score (nSPS) is 14.0. The number of urea groups is 1. The van der Waals surface area contributed by atoms with Gasteiger partial charge in [-0.15, -0.1) is 0 Å². The van der Waals surface area contributed by atoms with E-state index in [9.17, 15) is 9.59 Å². The Kier molecular flexibility index (Phi) is 7.31. The van der Waals surface area contributed by atoms with Gasteiger partial charge in [-0.25, -0.2) is 4.79 Å². The molecule has 1 aliphatic rings. The Morgan fingerprint density at radius 2 is 1.61 bits per heavy atom. The fourth-order valence-electron chi connectivity index (χ4n) is 5.18. The van der Waals surface area contributed by atoms with Crippen molar-refractivity contribution < 1.29 is 9.59 Å². The van der Waals surface area contributed by atoms with E-state index in [2.05, 4.69) is 48.0 Å². The number of aromatic nitrogens is 1. The number of carbonyl (C=O) groups is 2. The van der Waals surface area contributed by atoms with E-state index >= 15 is 0 Å². The summed E-state index contributed by atoms with van der Waals surface area (Å²) in [5.41, 5.74) is 6.77. The maximum absolute atomic E-state index is 14.2. The third kappa shape index (κ3) is 5.07. The molecule has 0 saturated heterocycles. The van der Waals surface area contributed by atoms with Crippen molar-refractivity contribution in [2.24, 2.45) is 0 Å². The van der Waals surface area contributed by atoms with E-state index in [0.717, 1.165) is 52.3 Å². The molecule has 1 atom stereocenters. The first-order valence-electron chi connectivity index (χ1n) is 13.2. The van der Waals surface area contributed by atoms with E-state index < -0.39 is 0 Å². The smallest absolute Gasteiger partial charge is 0.316 e. The van der Waals surface area contributed by atoms with Crippen LogP contribution in [0.25, 0.3) is 5.69 Å². The Morgan fingerprint density at radius 3 is 2.34 bits per heavy atom. The lowest BCUT2D eigenvalue weighted by Crippen LogP contribution is -2.48. The lowest BCUT2D eigenvalue weighted by Gasteiger charge is -2.39. The molecule has 1 aromatic heterocycles. The van der Waals surface area contributed by atoms with Crippen LogP contribution in [0.2, 0.25) is 0 Å². The first-order chi connectivity index (χ1) is 18.5. The average molecular weight is 507 g/mol. The van der Waals surface area contributed by atoms with E-state index in [1.54, 1.807) is 4.90 Å². The Bertz CT molecular complexity index is 1460. The minimum Gasteiger partial charge on any atom is -0.316 e. The van der Waals surface area contributed by atoms with Gasteiger partial charge in [-0.05, 0) is 67.8 Å². The number of benzene rings is 3. The van der Waals surface area contributed by atoms with Crippen molar-refractivity contribution in [3.63, 3.8) is 0 Å². The summed E-state index contributed by atoms with van der Waals surface area (Å²) in [6.45, 7) is 6.62. The monoisotopic (exact) mass is 506 g/mol. The third-order valence-corrected chi connectivity index (χ3v) is 7.01. The number of rotatable bonds is 7. The lowest BCUT2D eigenvalue weighted by molar-refractivity contribution is -0.119. The molecule has 6 heteroatoms. The maximum atomic E-state index is 14.2. The van der Waals surface area contributed by atoms with Crippen LogP contribution < -0.4 is 10.2 Å². The number of hydrogen-bond acceptors (Lipinski definition) is 2. The van der Waals surface area contributed by atoms with Crippen LogP contribution in [0.4, 0.5) is 16.2 Å². The second-order valence-corrected chi connectivity index (χ2v) is 9.95. The van der Waals surface area contributed by atoms with Gasteiger partial charge in [0.2, 0.25) is 5.91 Å². The second kappa shape index (κ2) is 11.0. The van der Waals surface area contributed by atoms with Gasteiger partial charge in [-0.2, -0.15) is 0 Å². The molecule has 38 heavy (non-hydrogen) atoms. The zero-order valence-corrected chi connectivity index (χ0v) is 22.2. The molecule has 1 aliphatic heterocycles. The third-order valence-electron chi connectivity index (χ3n) is 7.01. The number of carbonyl (C=O) groups excluding carboxylic acids is 2. The summed E-state index contributed by atoms with van der Waals surface area (Å²) in [4.78, 5) is 31.1. The Balaban J connectivity index is 1.51. The van der Waals surface area contributed by atoms with E-state index in [0.29, 0.717) is 6.54 Å². The molecule has 0 saturated carbocycles. The predicted octanol–water partition coefficient (Wildman–Crippen LogP) is 6.86. The molecule has 3 aromatic carbocycles. The van der Waals surface area contributed by atoms with E-state index in [1.807, 2.05) is 78.7 Å². The molecular weight excluding hydrogens is 472 g/mol. The molecule has 0 aliphatic carbocycles. The molecule has 1 N–H and O–H groups in total. The standard InChI is InChI=1S/C32H34N4O2/c1-4-5-18-34(32(38)33-26-14-9-12-24(3)21-26)22-30(37)36-28-16-7-6-15-27(28)35-19-10-17-29(35)31(36)25-13-8-11-23(2)20-25/h6-17,19-21,31H,4-5,18,22H2,1-3H3,(H,33,38). The molecule has 2 heterocycles. The summed E-state index contributed by atoms with van der Waals surface area (Å²) in [6, 6.07) is 27.5. The lowest BCUT2D eigenvalue weighted by atomic mass is 9.96. The van der Waals surface area contributed by atoms with Crippen LogP contribution >= 0.6 is 0 Å². The second-order valence-electron chi connectivity index (χ2n) is 9.95. The summed E-state index contributed by atoms with van der Waals surface area (Å²) >= 11 is 0. The highest BCUT2D eigenvalue weighted by atomic mass is 16.2. The van der Waals surface area contributed by atoms with E-state index in [4.69, 9.17) is 0 Å². The van der Waals surface area contributed by atoms with Crippen molar-refractivity contribution in [1.82, 2.24) is 9.47 Å². The van der Waals surface area contributed by atoms with E-state index in [-0.39, 0.29) is 24.5 Å². The van der Waals surface area contributed by atoms with Gasteiger partial charge in [0.15, 0.2) is 0 Å². The van der Waals surface area contributed by atoms with Crippen LogP contribution in [0.5, 0.6) is 0 Å². The fourth-order valence-corrected chi connectivity index (χ4v) is 5.18. The Labute approximate surface area is 224 Å². The van der Waals surface area contributed by atoms with Crippen molar-refractivity contribution in [3.05, 3.63) is 114 Å². The summed E-state index contributed by atoms with van der Waals surface area (Å²) < 4.78 is 2.16. The number of nitrogens with one attached hydrogen (secondary N) is 1. The largest absolute Gasteiger partial charge is 0.322 e. The zero-order valence-electron chi connectivity index (χ0n) is 22.2. The molecule has 5 rings (SSSR count). The fraction of sp³-hybridized carbons (Fsp3) is 0.250. The van der Waals surface area contributed by atoms with Gasteiger partial charge in [-0.1, -0.05) is 67.4 Å². The van der Waals surface area contributed by atoms with Gasteiger partial charge in [0.1, 0.15) is 12.6 Å². The number of amides is 3. The van der Waals surface area contributed by atoms with Crippen LogP contribution in [0.1, 0.15) is 48.2 Å². The number of hydrogen-bond donors (Lipinski definition) is 1. The number of aryl methyl sites for hydroxylation is 2.